The summed E-state index contributed by atoms with van der Waals surface area (Å²) >= 11 is 0. The van der Waals surface area contributed by atoms with E-state index in [-0.39, 0.29) is 12.5 Å². The molecule has 0 saturated carbocycles. The van der Waals surface area contributed by atoms with Crippen molar-refractivity contribution in [2.45, 2.75) is 19.9 Å². The monoisotopic (exact) mass is 261 g/mol. The molecule has 0 aliphatic heterocycles. The molecule has 19 heavy (non-hydrogen) atoms. The Hall–Kier alpha value is -1.88. The second-order valence-electron chi connectivity index (χ2n) is 4.31. The van der Waals surface area contributed by atoms with Crippen molar-refractivity contribution >= 4 is 17.0 Å². The molecule has 0 spiro atoms. The summed E-state index contributed by atoms with van der Waals surface area (Å²) in [4.78, 5) is 16.0. The van der Waals surface area contributed by atoms with Gasteiger partial charge in [-0.1, -0.05) is 0 Å². The van der Waals surface area contributed by atoms with Crippen LogP contribution in [-0.2, 0) is 22.5 Å². The lowest BCUT2D eigenvalue weighted by molar-refractivity contribution is -0.143. The molecule has 2 aromatic rings. The zero-order chi connectivity index (χ0) is 13.7. The Morgan fingerprint density at radius 3 is 3.11 bits per heavy atom. The fourth-order valence-corrected chi connectivity index (χ4v) is 2.11. The average molecular weight is 261 g/mol. The van der Waals surface area contributed by atoms with Crippen LogP contribution in [-0.4, -0.2) is 35.7 Å². The van der Waals surface area contributed by atoms with E-state index in [9.17, 15) is 4.79 Å². The van der Waals surface area contributed by atoms with Crippen LogP contribution >= 0.6 is 0 Å². The fourth-order valence-electron chi connectivity index (χ4n) is 2.11. The Balaban J connectivity index is 2.30. The number of carbonyl (C=O) groups excluding carboxylic acids is 1. The molecule has 102 valence electrons. The van der Waals surface area contributed by atoms with Crippen molar-refractivity contribution in [2.75, 3.05) is 20.2 Å². The molecule has 5 heteroatoms. The number of likely N-dealkylation sites (N-methyl/N-ethyl adjacent to an activating group) is 1. The molecule has 0 saturated heterocycles. The second-order valence-corrected chi connectivity index (χ2v) is 4.31. The van der Waals surface area contributed by atoms with Crippen molar-refractivity contribution in [1.29, 1.82) is 0 Å². The Morgan fingerprint density at radius 1 is 1.53 bits per heavy atom. The van der Waals surface area contributed by atoms with E-state index in [4.69, 9.17) is 4.74 Å². The number of hydrogen-bond donors (Lipinski definition) is 1. The predicted octanol–water partition coefficient (Wildman–Crippen LogP) is 1.36. The molecule has 0 aliphatic rings. The summed E-state index contributed by atoms with van der Waals surface area (Å²) in [5.41, 5.74) is 3.08. The molecule has 2 heterocycles. The smallest absolute Gasteiger partial charge is 0.325 e. The number of ether oxygens (including phenoxy) is 1. The van der Waals surface area contributed by atoms with E-state index in [1.165, 1.54) is 0 Å². The van der Waals surface area contributed by atoms with Gasteiger partial charge in [0.1, 0.15) is 6.54 Å². The first kappa shape index (κ1) is 13.5. The number of aromatic nitrogens is 2. The summed E-state index contributed by atoms with van der Waals surface area (Å²) in [5.74, 6) is -0.219. The zero-order valence-corrected chi connectivity index (χ0v) is 11.3. The summed E-state index contributed by atoms with van der Waals surface area (Å²) in [7, 11) is 1.92. The summed E-state index contributed by atoms with van der Waals surface area (Å²) < 4.78 is 6.90. The highest BCUT2D eigenvalue weighted by Crippen LogP contribution is 2.19. The maximum atomic E-state index is 11.6. The van der Waals surface area contributed by atoms with Gasteiger partial charge in [0, 0.05) is 12.4 Å². The van der Waals surface area contributed by atoms with Gasteiger partial charge in [0.2, 0.25) is 0 Å². The first-order chi connectivity index (χ1) is 9.26. The molecule has 0 aromatic carbocycles. The summed E-state index contributed by atoms with van der Waals surface area (Å²) in [6.45, 7) is 3.33. The van der Waals surface area contributed by atoms with Crippen LogP contribution in [0.2, 0.25) is 0 Å². The number of nitrogens with zero attached hydrogens (tertiary/aromatic N) is 2. The highest BCUT2D eigenvalue weighted by atomic mass is 16.5. The van der Waals surface area contributed by atoms with Crippen LogP contribution < -0.4 is 5.32 Å². The maximum Gasteiger partial charge on any atom is 0.325 e. The van der Waals surface area contributed by atoms with Crippen LogP contribution in [0.1, 0.15) is 12.5 Å². The van der Waals surface area contributed by atoms with Gasteiger partial charge in [-0.15, -0.1) is 0 Å². The number of carbonyl (C=O) groups is 1. The molecular formula is C14H19N3O2. The van der Waals surface area contributed by atoms with Crippen molar-refractivity contribution in [3.8, 4) is 0 Å². The van der Waals surface area contributed by atoms with Crippen molar-refractivity contribution in [3.05, 3.63) is 30.1 Å². The van der Waals surface area contributed by atoms with Crippen LogP contribution in [0.5, 0.6) is 0 Å². The van der Waals surface area contributed by atoms with E-state index in [2.05, 4.69) is 10.3 Å². The third-order valence-electron chi connectivity index (χ3n) is 2.96. The van der Waals surface area contributed by atoms with Crippen LogP contribution in [0.25, 0.3) is 11.0 Å². The highest BCUT2D eigenvalue weighted by molar-refractivity contribution is 5.81. The summed E-state index contributed by atoms with van der Waals surface area (Å²) in [6.07, 6.45) is 4.66. The maximum absolute atomic E-state index is 11.6. The molecule has 5 nitrogen and oxygen atoms in total. The van der Waals surface area contributed by atoms with Gasteiger partial charge in [-0.25, -0.2) is 0 Å². The molecule has 0 fully saturated rings. The van der Waals surface area contributed by atoms with Gasteiger partial charge < -0.3 is 14.6 Å². The van der Waals surface area contributed by atoms with Crippen molar-refractivity contribution in [2.24, 2.45) is 0 Å². The third-order valence-corrected chi connectivity index (χ3v) is 2.96. The molecule has 0 atom stereocenters. The van der Waals surface area contributed by atoms with Gasteiger partial charge in [-0.2, -0.15) is 0 Å². The zero-order valence-electron chi connectivity index (χ0n) is 11.3. The molecule has 2 rings (SSSR count). The van der Waals surface area contributed by atoms with E-state index in [1.807, 2.05) is 36.9 Å². The van der Waals surface area contributed by atoms with Gasteiger partial charge in [0.15, 0.2) is 0 Å². The molecule has 0 unspecified atom stereocenters. The largest absolute Gasteiger partial charge is 0.465 e. The minimum atomic E-state index is -0.219. The van der Waals surface area contributed by atoms with Gasteiger partial charge in [0.05, 0.1) is 17.6 Å². The Labute approximate surface area is 112 Å². The Bertz CT molecular complexity index is 563. The van der Waals surface area contributed by atoms with Gasteiger partial charge in [-0.3, -0.25) is 9.78 Å². The van der Waals surface area contributed by atoms with Crippen LogP contribution in [0.15, 0.2) is 24.5 Å². The van der Waals surface area contributed by atoms with E-state index >= 15 is 0 Å². The molecule has 0 aliphatic carbocycles. The van der Waals surface area contributed by atoms with E-state index in [0.717, 1.165) is 29.6 Å². The third kappa shape index (κ3) is 3.12. The molecule has 1 N–H and O–H groups in total. The van der Waals surface area contributed by atoms with Crippen molar-refractivity contribution in [3.63, 3.8) is 0 Å². The van der Waals surface area contributed by atoms with Gasteiger partial charge >= 0.3 is 5.97 Å². The molecule has 0 radical (unpaired) electrons. The van der Waals surface area contributed by atoms with Crippen LogP contribution in [0.3, 0.4) is 0 Å². The van der Waals surface area contributed by atoms with Crippen molar-refractivity contribution < 1.29 is 9.53 Å². The SMILES string of the molecule is CCOC(=O)Cn1cc(CCNC)c2ncccc21. The lowest BCUT2D eigenvalue weighted by atomic mass is 10.2. The van der Waals surface area contributed by atoms with Crippen LogP contribution in [0.4, 0.5) is 0 Å². The number of hydrogen-bond acceptors (Lipinski definition) is 4. The van der Waals surface area contributed by atoms with Gasteiger partial charge in [-0.05, 0) is 44.6 Å². The number of esters is 1. The summed E-state index contributed by atoms with van der Waals surface area (Å²) in [6, 6.07) is 3.86. The molecule has 0 amide bonds. The number of nitrogens with one attached hydrogen (secondary N) is 1. The van der Waals surface area contributed by atoms with Gasteiger partial charge in [0.25, 0.3) is 0 Å². The van der Waals surface area contributed by atoms with E-state index in [0.29, 0.717) is 6.61 Å². The average Bonchev–Trinajstić information content (AvgIpc) is 2.75. The first-order valence-electron chi connectivity index (χ1n) is 6.49. The van der Waals surface area contributed by atoms with E-state index < -0.39 is 0 Å². The Morgan fingerprint density at radius 2 is 2.37 bits per heavy atom. The normalized spacial score (nSPS) is 10.8. The Kier molecular flexibility index (Phi) is 4.52. The first-order valence-corrected chi connectivity index (χ1v) is 6.49. The highest BCUT2D eigenvalue weighted by Gasteiger charge is 2.11. The molecule has 0 bridgehead atoms. The van der Waals surface area contributed by atoms with Crippen LogP contribution in [0, 0.1) is 0 Å². The molecular weight excluding hydrogens is 242 g/mol. The standard InChI is InChI=1S/C14H19N3O2/c1-3-19-13(18)10-17-9-11(6-8-15-2)14-12(17)5-4-7-16-14/h4-5,7,9,15H,3,6,8,10H2,1-2H3. The second kappa shape index (κ2) is 6.33. The van der Waals surface area contributed by atoms with Crippen molar-refractivity contribution in [1.82, 2.24) is 14.9 Å². The minimum absolute atomic E-state index is 0.219. The van der Waals surface area contributed by atoms with E-state index in [1.54, 1.807) is 6.20 Å². The number of rotatable bonds is 6. The number of fused-ring (bicyclic) bond motifs is 1. The quantitative estimate of drug-likeness (QED) is 0.798. The fraction of sp³-hybridized carbons (Fsp3) is 0.429. The summed E-state index contributed by atoms with van der Waals surface area (Å²) in [5, 5.41) is 3.12. The lowest BCUT2D eigenvalue weighted by Crippen LogP contribution is -2.13. The lowest BCUT2D eigenvalue weighted by Gasteiger charge is -2.04. The molecule has 2 aromatic heterocycles. The predicted molar refractivity (Wildman–Crippen MR) is 74.0 cm³/mol. The minimum Gasteiger partial charge on any atom is -0.465 e. The number of pyridine rings is 1. The topological polar surface area (TPSA) is 56.1 Å².